The van der Waals surface area contributed by atoms with Gasteiger partial charge in [-0.1, -0.05) is 12.2 Å². The van der Waals surface area contributed by atoms with Crippen molar-refractivity contribution in [2.45, 2.75) is 37.4 Å². The fraction of sp³-hybridized carbons (Fsp3) is 0.600. The Kier molecular flexibility index (Phi) is 5.74. The third-order valence-corrected chi connectivity index (χ3v) is 1.74. The van der Waals surface area contributed by atoms with Crippen molar-refractivity contribution in [1.82, 2.24) is 0 Å². The smallest absolute Gasteiger partial charge is 0.366 e. The van der Waals surface area contributed by atoms with Crippen LogP contribution in [0.4, 0.5) is 26.3 Å². The first-order valence-electron chi connectivity index (χ1n) is 4.61. The number of alkyl halides is 6. The molecule has 100 valence electrons. The predicted molar refractivity (Wildman–Crippen MR) is 50.4 cm³/mol. The molecule has 0 heterocycles. The van der Waals surface area contributed by atoms with E-state index in [0.717, 1.165) is 12.2 Å². The summed E-state index contributed by atoms with van der Waals surface area (Å²) in [6.07, 6.45) is -13.2. The Morgan fingerprint density at radius 3 is 1.29 bits per heavy atom. The van der Waals surface area contributed by atoms with E-state index in [-0.39, 0.29) is 0 Å². The number of ether oxygens (including phenoxy) is 1. The van der Waals surface area contributed by atoms with Crippen molar-refractivity contribution in [2.24, 2.45) is 0 Å². The third-order valence-electron chi connectivity index (χ3n) is 1.74. The van der Waals surface area contributed by atoms with Crippen LogP contribution in [0.15, 0.2) is 25.3 Å². The Balaban J connectivity index is 4.42. The molecule has 0 spiro atoms. The summed E-state index contributed by atoms with van der Waals surface area (Å²) in [4.78, 5) is 0. The van der Waals surface area contributed by atoms with Gasteiger partial charge in [-0.25, -0.2) is 0 Å². The molecule has 17 heavy (non-hydrogen) atoms. The maximum atomic E-state index is 12.0. The monoisotopic (exact) mass is 262 g/mol. The van der Waals surface area contributed by atoms with E-state index in [0.29, 0.717) is 0 Å². The molecule has 0 aromatic rings. The fourth-order valence-corrected chi connectivity index (χ4v) is 1.05. The molecule has 0 saturated carbocycles. The Hall–Kier alpha value is -0.980. The highest BCUT2D eigenvalue weighted by atomic mass is 19.4. The Labute approximate surface area is 94.8 Å². The molecule has 0 aliphatic carbocycles. The van der Waals surface area contributed by atoms with Crippen LogP contribution in [0.25, 0.3) is 0 Å². The number of rotatable bonds is 6. The maximum Gasteiger partial charge on any atom is 0.391 e. The zero-order valence-electron chi connectivity index (χ0n) is 8.81. The minimum absolute atomic E-state index is 0.820. The molecule has 0 aromatic carbocycles. The molecule has 0 bridgehead atoms. The molecule has 7 heteroatoms. The molecule has 0 aliphatic rings. The third kappa shape index (κ3) is 8.79. The predicted octanol–water partition coefficient (Wildman–Crippen LogP) is 4.02. The summed E-state index contributed by atoms with van der Waals surface area (Å²) in [6.45, 7) is 6.18. The standard InChI is InChI=1S/C10H12F6O/c1-3-7(5-9(11,12)13)17-8(4-2)6-10(14,15)16/h3-4,7-8H,1-2,5-6H2. The first-order valence-corrected chi connectivity index (χ1v) is 4.61. The first kappa shape index (κ1) is 16.0. The van der Waals surface area contributed by atoms with Crippen LogP contribution in [0.2, 0.25) is 0 Å². The van der Waals surface area contributed by atoms with Gasteiger partial charge < -0.3 is 4.74 Å². The van der Waals surface area contributed by atoms with Crippen molar-refractivity contribution in [3.63, 3.8) is 0 Å². The van der Waals surface area contributed by atoms with Gasteiger partial charge in [-0.2, -0.15) is 26.3 Å². The molecule has 0 radical (unpaired) electrons. The van der Waals surface area contributed by atoms with Crippen molar-refractivity contribution < 1.29 is 31.1 Å². The molecular formula is C10H12F6O. The highest BCUT2D eigenvalue weighted by Crippen LogP contribution is 2.27. The van der Waals surface area contributed by atoms with E-state index < -0.39 is 37.4 Å². The van der Waals surface area contributed by atoms with Gasteiger partial charge in [-0.3, -0.25) is 0 Å². The van der Waals surface area contributed by atoms with Crippen LogP contribution in [0.1, 0.15) is 12.8 Å². The van der Waals surface area contributed by atoms with E-state index in [4.69, 9.17) is 0 Å². The number of halogens is 6. The lowest BCUT2D eigenvalue weighted by atomic mass is 10.2. The molecule has 0 N–H and O–H groups in total. The normalized spacial score (nSPS) is 16.4. The molecule has 1 nitrogen and oxygen atoms in total. The van der Waals surface area contributed by atoms with Gasteiger partial charge in [-0.15, -0.1) is 13.2 Å². The average Bonchev–Trinajstić information content (AvgIpc) is 2.11. The average molecular weight is 262 g/mol. The zero-order chi connectivity index (χ0) is 13.7. The van der Waals surface area contributed by atoms with Gasteiger partial charge in [0.05, 0.1) is 25.0 Å². The molecule has 0 amide bonds. The molecule has 0 fully saturated rings. The topological polar surface area (TPSA) is 9.23 Å². The van der Waals surface area contributed by atoms with Gasteiger partial charge in [0.2, 0.25) is 0 Å². The van der Waals surface area contributed by atoms with Crippen LogP contribution in [0.5, 0.6) is 0 Å². The van der Waals surface area contributed by atoms with Gasteiger partial charge in [0.25, 0.3) is 0 Å². The summed E-state index contributed by atoms with van der Waals surface area (Å²) in [6, 6.07) is 0. The second kappa shape index (κ2) is 6.09. The van der Waals surface area contributed by atoms with Crippen LogP contribution in [-0.4, -0.2) is 24.6 Å². The van der Waals surface area contributed by atoms with Crippen molar-refractivity contribution >= 4 is 0 Å². The van der Waals surface area contributed by atoms with Crippen molar-refractivity contribution in [3.05, 3.63) is 25.3 Å². The Morgan fingerprint density at radius 2 is 1.12 bits per heavy atom. The van der Waals surface area contributed by atoms with E-state index >= 15 is 0 Å². The van der Waals surface area contributed by atoms with Gasteiger partial charge >= 0.3 is 12.4 Å². The Morgan fingerprint density at radius 1 is 0.824 bits per heavy atom. The summed E-state index contributed by atoms with van der Waals surface area (Å²) in [5.74, 6) is 0. The molecular weight excluding hydrogens is 250 g/mol. The molecule has 2 atom stereocenters. The Bertz CT molecular complexity index is 229. The lowest BCUT2D eigenvalue weighted by Crippen LogP contribution is -2.28. The van der Waals surface area contributed by atoms with Gasteiger partial charge in [0.15, 0.2) is 0 Å². The maximum absolute atomic E-state index is 12.0. The first-order chi connectivity index (χ1) is 7.57. The van der Waals surface area contributed by atoms with Crippen molar-refractivity contribution in [1.29, 1.82) is 0 Å². The highest BCUT2D eigenvalue weighted by molar-refractivity contribution is 4.88. The van der Waals surface area contributed by atoms with Gasteiger partial charge in [0, 0.05) is 0 Å². The molecule has 2 unspecified atom stereocenters. The summed E-state index contributed by atoms with van der Waals surface area (Å²) >= 11 is 0. The minimum atomic E-state index is -4.52. The van der Waals surface area contributed by atoms with Crippen LogP contribution in [0, 0.1) is 0 Å². The molecule has 0 aromatic heterocycles. The molecule has 0 aliphatic heterocycles. The molecule has 0 saturated heterocycles. The number of hydrogen-bond acceptors (Lipinski definition) is 1. The van der Waals surface area contributed by atoms with Crippen LogP contribution >= 0.6 is 0 Å². The van der Waals surface area contributed by atoms with Gasteiger partial charge in [-0.05, 0) is 0 Å². The van der Waals surface area contributed by atoms with E-state index in [2.05, 4.69) is 17.9 Å². The summed E-state index contributed by atoms with van der Waals surface area (Å²) in [5.41, 5.74) is 0. The van der Waals surface area contributed by atoms with E-state index in [1.807, 2.05) is 0 Å². The minimum Gasteiger partial charge on any atom is -0.366 e. The second-order valence-electron chi connectivity index (χ2n) is 3.32. The van der Waals surface area contributed by atoms with Crippen molar-refractivity contribution in [2.75, 3.05) is 0 Å². The zero-order valence-corrected chi connectivity index (χ0v) is 8.81. The van der Waals surface area contributed by atoms with Crippen LogP contribution in [-0.2, 0) is 4.74 Å². The summed E-state index contributed by atoms with van der Waals surface area (Å²) in [7, 11) is 0. The second-order valence-corrected chi connectivity index (χ2v) is 3.32. The largest absolute Gasteiger partial charge is 0.391 e. The quantitative estimate of drug-likeness (QED) is 0.519. The van der Waals surface area contributed by atoms with E-state index in [1.165, 1.54) is 0 Å². The van der Waals surface area contributed by atoms with Gasteiger partial charge in [0.1, 0.15) is 0 Å². The number of hydrogen-bond donors (Lipinski definition) is 0. The van der Waals surface area contributed by atoms with Crippen LogP contribution < -0.4 is 0 Å². The summed E-state index contributed by atoms with van der Waals surface area (Å²) < 4.78 is 76.7. The SMILES string of the molecule is C=CC(CC(F)(F)F)OC(C=C)CC(F)(F)F. The van der Waals surface area contributed by atoms with E-state index in [9.17, 15) is 26.3 Å². The lowest BCUT2D eigenvalue weighted by molar-refractivity contribution is -0.176. The fourth-order valence-electron chi connectivity index (χ4n) is 1.05. The van der Waals surface area contributed by atoms with E-state index in [1.54, 1.807) is 0 Å². The highest BCUT2D eigenvalue weighted by Gasteiger charge is 2.35. The van der Waals surface area contributed by atoms with Crippen molar-refractivity contribution in [3.8, 4) is 0 Å². The van der Waals surface area contributed by atoms with Crippen LogP contribution in [0.3, 0.4) is 0 Å². The lowest BCUT2D eigenvalue weighted by Gasteiger charge is -2.22. The summed E-state index contributed by atoms with van der Waals surface area (Å²) in [5, 5.41) is 0. The molecule has 0 rings (SSSR count).